The van der Waals surface area contributed by atoms with Crippen molar-refractivity contribution in [1.82, 2.24) is 15.3 Å². The number of aromatic amines is 1. The Morgan fingerprint density at radius 1 is 1.50 bits per heavy atom. The molecule has 2 N–H and O–H groups in total. The Balaban J connectivity index is 2.04. The summed E-state index contributed by atoms with van der Waals surface area (Å²) in [5.41, 5.74) is 1.67. The zero-order valence-corrected chi connectivity index (χ0v) is 11.1. The van der Waals surface area contributed by atoms with E-state index in [1.165, 1.54) is 12.1 Å². The lowest BCUT2D eigenvalue weighted by atomic mass is 10.2. The van der Waals surface area contributed by atoms with Crippen LogP contribution >= 0.6 is 0 Å². The number of ether oxygens (including phenoxy) is 1. The van der Waals surface area contributed by atoms with Crippen LogP contribution in [0.4, 0.5) is 5.69 Å². The highest BCUT2D eigenvalue weighted by molar-refractivity contribution is 5.59. The van der Waals surface area contributed by atoms with E-state index in [9.17, 15) is 10.1 Å². The minimum Gasteiger partial charge on any atom is -0.383 e. The summed E-state index contributed by atoms with van der Waals surface area (Å²) in [6, 6.07) is 6.39. The van der Waals surface area contributed by atoms with Crippen LogP contribution in [0.5, 0.6) is 0 Å². The molecule has 1 aromatic carbocycles. The average molecular weight is 276 g/mol. The zero-order valence-electron chi connectivity index (χ0n) is 11.1. The Kier molecular flexibility index (Phi) is 4.80. The number of nitro groups is 1. The summed E-state index contributed by atoms with van der Waals surface area (Å²) in [5.74, 6) is 0.622. The Morgan fingerprint density at radius 2 is 2.35 bits per heavy atom. The lowest BCUT2D eigenvalue weighted by Gasteiger charge is -2.01. The SMILES string of the molecule is COCCNCc1cnc(-c2cccc([N+](=O)[O-])c2)[nH]1. The molecule has 20 heavy (non-hydrogen) atoms. The second-order valence-corrected chi connectivity index (χ2v) is 4.23. The number of nitro benzene ring substituents is 1. The van der Waals surface area contributed by atoms with Crippen LogP contribution in [0.15, 0.2) is 30.5 Å². The van der Waals surface area contributed by atoms with Gasteiger partial charge in [-0.1, -0.05) is 12.1 Å². The Hall–Kier alpha value is -2.25. The first-order chi connectivity index (χ1) is 9.70. The number of methoxy groups -OCH3 is 1. The van der Waals surface area contributed by atoms with E-state index in [2.05, 4.69) is 15.3 Å². The molecule has 0 unspecified atom stereocenters. The summed E-state index contributed by atoms with van der Waals surface area (Å²) in [5, 5.41) is 13.9. The van der Waals surface area contributed by atoms with Crippen molar-refractivity contribution < 1.29 is 9.66 Å². The van der Waals surface area contributed by atoms with Crippen molar-refractivity contribution in [3.8, 4) is 11.4 Å². The van der Waals surface area contributed by atoms with Crippen LogP contribution in [0.1, 0.15) is 5.69 Å². The number of nitrogens with zero attached hydrogens (tertiary/aromatic N) is 2. The van der Waals surface area contributed by atoms with Crippen molar-refractivity contribution in [3.63, 3.8) is 0 Å². The first kappa shape index (κ1) is 14.2. The van der Waals surface area contributed by atoms with E-state index in [1.54, 1.807) is 25.4 Å². The van der Waals surface area contributed by atoms with Gasteiger partial charge >= 0.3 is 0 Å². The quantitative estimate of drug-likeness (QED) is 0.456. The maximum Gasteiger partial charge on any atom is 0.270 e. The van der Waals surface area contributed by atoms with E-state index in [0.29, 0.717) is 24.5 Å². The van der Waals surface area contributed by atoms with Crippen molar-refractivity contribution in [3.05, 3.63) is 46.3 Å². The summed E-state index contributed by atoms with van der Waals surface area (Å²) in [6.07, 6.45) is 1.72. The van der Waals surface area contributed by atoms with E-state index in [1.807, 2.05) is 0 Å². The molecule has 0 aliphatic rings. The number of nitrogens with one attached hydrogen (secondary N) is 2. The van der Waals surface area contributed by atoms with Gasteiger partial charge in [0.05, 0.1) is 11.5 Å². The fraction of sp³-hybridized carbons (Fsp3) is 0.308. The number of aromatic nitrogens is 2. The number of non-ortho nitro benzene ring substituents is 1. The lowest BCUT2D eigenvalue weighted by Crippen LogP contribution is -2.18. The number of imidazole rings is 1. The molecule has 0 radical (unpaired) electrons. The molecule has 1 heterocycles. The highest BCUT2D eigenvalue weighted by Crippen LogP contribution is 2.21. The lowest BCUT2D eigenvalue weighted by molar-refractivity contribution is -0.384. The molecule has 1 aromatic heterocycles. The van der Waals surface area contributed by atoms with Gasteiger partial charge in [-0.2, -0.15) is 0 Å². The molecule has 0 aliphatic carbocycles. The van der Waals surface area contributed by atoms with Gasteiger partial charge < -0.3 is 15.0 Å². The van der Waals surface area contributed by atoms with Crippen molar-refractivity contribution in [2.24, 2.45) is 0 Å². The predicted molar refractivity (Wildman–Crippen MR) is 74.3 cm³/mol. The normalized spacial score (nSPS) is 10.7. The first-order valence-electron chi connectivity index (χ1n) is 6.19. The van der Waals surface area contributed by atoms with Gasteiger partial charge in [0.15, 0.2) is 0 Å². The Morgan fingerprint density at radius 3 is 3.10 bits per heavy atom. The fourth-order valence-electron chi connectivity index (χ4n) is 1.76. The van der Waals surface area contributed by atoms with E-state index >= 15 is 0 Å². The third-order valence-corrected chi connectivity index (χ3v) is 2.76. The number of H-pyrrole nitrogens is 1. The molecule has 0 amide bonds. The minimum absolute atomic E-state index is 0.0543. The summed E-state index contributed by atoms with van der Waals surface area (Å²) >= 11 is 0. The molecule has 0 fully saturated rings. The molecule has 0 aliphatic heterocycles. The summed E-state index contributed by atoms with van der Waals surface area (Å²) in [7, 11) is 1.65. The number of hydrogen-bond donors (Lipinski definition) is 2. The molecule has 7 nitrogen and oxygen atoms in total. The van der Waals surface area contributed by atoms with Crippen LogP contribution in [0, 0.1) is 10.1 Å². The fourth-order valence-corrected chi connectivity index (χ4v) is 1.76. The van der Waals surface area contributed by atoms with Crippen molar-refractivity contribution in [2.75, 3.05) is 20.3 Å². The molecule has 106 valence electrons. The predicted octanol–water partition coefficient (Wildman–Crippen LogP) is 1.72. The van der Waals surface area contributed by atoms with Crippen LogP contribution in [0.25, 0.3) is 11.4 Å². The van der Waals surface area contributed by atoms with E-state index in [0.717, 1.165) is 12.2 Å². The van der Waals surface area contributed by atoms with E-state index < -0.39 is 4.92 Å². The Labute approximate surface area is 116 Å². The number of benzene rings is 1. The van der Waals surface area contributed by atoms with Crippen molar-refractivity contribution in [1.29, 1.82) is 0 Å². The third-order valence-electron chi connectivity index (χ3n) is 2.76. The maximum absolute atomic E-state index is 10.7. The molecule has 2 aromatic rings. The molecule has 0 spiro atoms. The average Bonchev–Trinajstić information content (AvgIpc) is 2.92. The molecule has 2 rings (SSSR count). The van der Waals surface area contributed by atoms with Gasteiger partial charge in [0.2, 0.25) is 0 Å². The van der Waals surface area contributed by atoms with Gasteiger partial charge in [-0.25, -0.2) is 4.98 Å². The summed E-state index contributed by atoms with van der Waals surface area (Å²) in [4.78, 5) is 17.7. The second kappa shape index (κ2) is 6.78. The number of rotatable bonds is 7. The van der Waals surface area contributed by atoms with Crippen LogP contribution in [0.2, 0.25) is 0 Å². The van der Waals surface area contributed by atoms with Gasteiger partial charge in [0.1, 0.15) is 5.82 Å². The van der Waals surface area contributed by atoms with Gasteiger partial charge in [0, 0.05) is 49.8 Å². The molecule has 0 saturated heterocycles. The summed E-state index contributed by atoms with van der Waals surface area (Å²) < 4.78 is 4.94. The monoisotopic (exact) mass is 276 g/mol. The molecular weight excluding hydrogens is 260 g/mol. The Bertz CT molecular complexity index is 583. The molecule has 0 saturated carbocycles. The van der Waals surface area contributed by atoms with Crippen LogP contribution < -0.4 is 5.32 Å². The first-order valence-corrected chi connectivity index (χ1v) is 6.19. The largest absolute Gasteiger partial charge is 0.383 e. The van der Waals surface area contributed by atoms with Crippen LogP contribution in [-0.2, 0) is 11.3 Å². The minimum atomic E-state index is -0.417. The topological polar surface area (TPSA) is 93.1 Å². The van der Waals surface area contributed by atoms with E-state index in [-0.39, 0.29) is 5.69 Å². The molecule has 7 heteroatoms. The van der Waals surface area contributed by atoms with E-state index in [4.69, 9.17) is 4.74 Å². The number of hydrogen-bond acceptors (Lipinski definition) is 5. The standard InChI is InChI=1S/C13H16N4O3/c1-20-6-5-14-8-11-9-15-13(16-11)10-3-2-4-12(7-10)17(18)19/h2-4,7,9,14H,5-6,8H2,1H3,(H,15,16). The van der Waals surface area contributed by atoms with Crippen LogP contribution in [-0.4, -0.2) is 35.2 Å². The van der Waals surface area contributed by atoms with Crippen LogP contribution in [0.3, 0.4) is 0 Å². The zero-order chi connectivity index (χ0) is 14.4. The molecule has 0 bridgehead atoms. The smallest absolute Gasteiger partial charge is 0.270 e. The van der Waals surface area contributed by atoms with Crippen molar-refractivity contribution >= 4 is 5.69 Å². The van der Waals surface area contributed by atoms with Crippen molar-refractivity contribution in [2.45, 2.75) is 6.54 Å². The highest BCUT2D eigenvalue weighted by atomic mass is 16.6. The third kappa shape index (κ3) is 3.62. The van der Waals surface area contributed by atoms with Gasteiger partial charge in [0.25, 0.3) is 5.69 Å². The van der Waals surface area contributed by atoms with Gasteiger partial charge in [-0.05, 0) is 0 Å². The maximum atomic E-state index is 10.7. The molecule has 0 atom stereocenters. The second-order valence-electron chi connectivity index (χ2n) is 4.23. The van der Waals surface area contributed by atoms with Gasteiger partial charge in [-0.15, -0.1) is 0 Å². The molecular formula is C13H16N4O3. The summed E-state index contributed by atoms with van der Waals surface area (Å²) in [6.45, 7) is 2.04. The highest BCUT2D eigenvalue weighted by Gasteiger charge is 2.09. The van der Waals surface area contributed by atoms with Gasteiger partial charge in [-0.3, -0.25) is 10.1 Å².